The van der Waals surface area contributed by atoms with Crippen molar-refractivity contribution in [3.63, 3.8) is 0 Å². The van der Waals surface area contributed by atoms with Crippen molar-refractivity contribution in [1.29, 1.82) is 0 Å². The van der Waals surface area contributed by atoms with Gasteiger partial charge in [-0.25, -0.2) is 0 Å². The highest BCUT2D eigenvalue weighted by Gasteiger charge is 2.06. The Bertz CT molecular complexity index is 558. The third-order valence-corrected chi connectivity index (χ3v) is 3.39. The van der Waals surface area contributed by atoms with Crippen LogP contribution in [0.15, 0.2) is 46.9 Å². The van der Waals surface area contributed by atoms with Gasteiger partial charge in [-0.15, -0.1) is 0 Å². The van der Waals surface area contributed by atoms with Gasteiger partial charge in [-0.1, -0.05) is 45.7 Å². The highest BCUT2D eigenvalue weighted by atomic mass is 79.9. The molecule has 2 aromatic rings. The highest BCUT2D eigenvalue weighted by molar-refractivity contribution is 9.10. The Morgan fingerprint density at radius 1 is 1.05 bits per heavy atom. The predicted molar refractivity (Wildman–Crippen MR) is 81.1 cm³/mol. The Labute approximate surface area is 126 Å². The van der Waals surface area contributed by atoms with Crippen molar-refractivity contribution in [3.8, 4) is 11.5 Å². The molecule has 0 saturated heterocycles. The number of ether oxygens (including phenoxy) is 2. The fourth-order valence-corrected chi connectivity index (χ4v) is 2.37. The van der Waals surface area contributed by atoms with Crippen molar-refractivity contribution >= 4 is 27.5 Å². The molecule has 2 nitrogen and oxygen atoms in total. The van der Waals surface area contributed by atoms with Crippen molar-refractivity contribution in [2.45, 2.75) is 13.5 Å². The van der Waals surface area contributed by atoms with Crippen LogP contribution in [0.2, 0.25) is 5.02 Å². The summed E-state index contributed by atoms with van der Waals surface area (Å²) < 4.78 is 12.2. The van der Waals surface area contributed by atoms with Crippen LogP contribution in [0.3, 0.4) is 0 Å². The number of halogens is 2. The molecule has 0 aliphatic carbocycles. The first-order valence-corrected chi connectivity index (χ1v) is 7.16. The van der Waals surface area contributed by atoms with Gasteiger partial charge in [0.25, 0.3) is 0 Å². The van der Waals surface area contributed by atoms with E-state index < -0.39 is 0 Å². The molecular weight excluding hydrogens is 328 g/mol. The van der Waals surface area contributed by atoms with Gasteiger partial charge in [0.05, 0.1) is 6.61 Å². The van der Waals surface area contributed by atoms with E-state index in [-0.39, 0.29) is 0 Å². The molecule has 0 N–H and O–H groups in total. The van der Waals surface area contributed by atoms with Crippen molar-refractivity contribution in [2.75, 3.05) is 6.61 Å². The average molecular weight is 342 g/mol. The van der Waals surface area contributed by atoms with Gasteiger partial charge in [-0.3, -0.25) is 0 Å². The van der Waals surface area contributed by atoms with Crippen LogP contribution in [0.1, 0.15) is 12.5 Å². The van der Waals surface area contributed by atoms with Crippen LogP contribution < -0.4 is 9.47 Å². The smallest absolute Gasteiger partial charge is 0.161 e. The summed E-state index contributed by atoms with van der Waals surface area (Å²) in [5, 5.41) is 0.684. The summed E-state index contributed by atoms with van der Waals surface area (Å²) in [5.41, 5.74) is 0.941. The summed E-state index contributed by atoms with van der Waals surface area (Å²) in [7, 11) is 0. The van der Waals surface area contributed by atoms with Gasteiger partial charge in [0.15, 0.2) is 11.5 Å². The first kappa shape index (κ1) is 14.2. The van der Waals surface area contributed by atoms with Crippen LogP contribution >= 0.6 is 27.5 Å². The topological polar surface area (TPSA) is 18.5 Å². The van der Waals surface area contributed by atoms with Crippen molar-refractivity contribution < 1.29 is 9.47 Å². The second-order valence-electron chi connectivity index (χ2n) is 3.90. The van der Waals surface area contributed by atoms with Crippen LogP contribution in [0, 0.1) is 0 Å². The fourth-order valence-electron chi connectivity index (χ4n) is 1.64. The second kappa shape index (κ2) is 6.83. The molecule has 0 aliphatic rings. The normalized spacial score (nSPS) is 10.3. The van der Waals surface area contributed by atoms with Crippen molar-refractivity contribution in [1.82, 2.24) is 0 Å². The van der Waals surface area contributed by atoms with E-state index in [1.54, 1.807) is 0 Å². The molecule has 2 rings (SSSR count). The standard InChI is InChI=1S/C15H14BrClO2/c1-2-18-14-5-3-4-6-15(14)19-10-11-7-8-12(16)9-13(11)17/h3-9H,2,10H2,1H3. The Morgan fingerprint density at radius 3 is 2.37 bits per heavy atom. The Morgan fingerprint density at radius 2 is 1.74 bits per heavy atom. The summed E-state index contributed by atoms with van der Waals surface area (Å²) in [6, 6.07) is 13.4. The first-order chi connectivity index (χ1) is 9.20. The molecule has 0 amide bonds. The highest BCUT2D eigenvalue weighted by Crippen LogP contribution is 2.28. The molecule has 0 aliphatic heterocycles. The summed E-state index contributed by atoms with van der Waals surface area (Å²) >= 11 is 9.53. The number of para-hydroxylation sites is 2. The largest absolute Gasteiger partial charge is 0.490 e. The lowest BCUT2D eigenvalue weighted by Gasteiger charge is -2.12. The van der Waals surface area contributed by atoms with E-state index in [9.17, 15) is 0 Å². The molecule has 0 bridgehead atoms. The van der Waals surface area contributed by atoms with Gasteiger partial charge in [-0.2, -0.15) is 0 Å². The van der Waals surface area contributed by atoms with E-state index in [2.05, 4.69) is 15.9 Å². The molecule has 0 unspecified atom stereocenters. The zero-order chi connectivity index (χ0) is 13.7. The lowest BCUT2D eigenvalue weighted by Crippen LogP contribution is -1.99. The Balaban J connectivity index is 2.10. The number of hydrogen-bond acceptors (Lipinski definition) is 2. The van der Waals surface area contributed by atoms with E-state index in [1.807, 2.05) is 49.4 Å². The second-order valence-corrected chi connectivity index (χ2v) is 5.23. The summed E-state index contributed by atoms with van der Waals surface area (Å²) in [5.74, 6) is 1.47. The number of benzene rings is 2. The third kappa shape index (κ3) is 3.88. The fraction of sp³-hybridized carbons (Fsp3) is 0.200. The van der Waals surface area contributed by atoms with Crippen LogP contribution in [0.25, 0.3) is 0 Å². The van der Waals surface area contributed by atoms with E-state index in [0.29, 0.717) is 18.2 Å². The monoisotopic (exact) mass is 340 g/mol. The Hall–Kier alpha value is -1.19. The molecule has 19 heavy (non-hydrogen) atoms. The SMILES string of the molecule is CCOc1ccccc1OCc1ccc(Br)cc1Cl. The molecule has 0 saturated carbocycles. The first-order valence-electron chi connectivity index (χ1n) is 5.99. The third-order valence-electron chi connectivity index (χ3n) is 2.55. The van der Waals surface area contributed by atoms with Gasteiger partial charge < -0.3 is 9.47 Å². The maximum absolute atomic E-state index is 6.16. The average Bonchev–Trinajstić information content (AvgIpc) is 2.40. The van der Waals surface area contributed by atoms with E-state index >= 15 is 0 Å². The molecule has 0 spiro atoms. The van der Waals surface area contributed by atoms with Gasteiger partial charge in [-0.05, 0) is 31.2 Å². The van der Waals surface area contributed by atoms with E-state index in [4.69, 9.17) is 21.1 Å². The molecule has 4 heteroatoms. The van der Waals surface area contributed by atoms with Gasteiger partial charge >= 0.3 is 0 Å². The summed E-state index contributed by atoms with van der Waals surface area (Å²) in [6.45, 7) is 2.97. The molecule has 0 radical (unpaired) electrons. The molecule has 0 aromatic heterocycles. The minimum atomic E-state index is 0.413. The maximum atomic E-state index is 6.16. The minimum Gasteiger partial charge on any atom is -0.490 e. The molecule has 2 aromatic carbocycles. The minimum absolute atomic E-state index is 0.413. The summed E-state index contributed by atoms with van der Waals surface area (Å²) in [6.07, 6.45) is 0. The van der Waals surface area contributed by atoms with Crippen LogP contribution in [-0.2, 0) is 6.61 Å². The van der Waals surface area contributed by atoms with E-state index in [0.717, 1.165) is 21.5 Å². The number of rotatable bonds is 5. The maximum Gasteiger partial charge on any atom is 0.161 e. The number of hydrogen-bond donors (Lipinski definition) is 0. The zero-order valence-electron chi connectivity index (χ0n) is 10.5. The van der Waals surface area contributed by atoms with Crippen molar-refractivity contribution in [2.24, 2.45) is 0 Å². The van der Waals surface area contributed by atoms with Gasteiger partial charge in [0.1, 0.15) is 6.61 Å². The molecule has 100 valence electrons. The molecule has 0 heterocycles. The molecular formula is C15H14BrClO2. The van der Waals surface area contributed by atoms with Crippen molar-refractivity contribution in [3.05, 3.63) is 57.5 Å². The predicted octanol–water partition coefficient (Wildman–Crippen LogP) is 5.08. The van der Waals surface area contributed by atoms with Crippen LogP contribution in [-0.4, -0.2) is 6.61 Å². The summed E-state index contributed by atoms with van der Waals surface area (Å²) in [4.78, 5) is 0. The van der Waals surface area contributed by atoms with Crippen LogP contribution in [0.5, 0.6) is 11.5 Å². The molecule has 0 fully saturated rings. The van der Waals surface area contributed by atoms with Crippen LogP contribution in [0.4, 0.5) is 0 Å². The lowest BCUT2D eigenvalue weighted by molar-refractivity contribution is 0.269. The Kier molecular flexibility index (Phi) is 5.11. The lowest BCUT2D eigenvalue weighted by atomic mass is 10.2. The van der Waals surface area contributed by atoms with Gasteiger partial charge in [0, 0.05) is 15.1 Å². The zero-order valence-corrected chi connectivity index (χ0v) is 12.9. The molecule has 0 atom stereocenters. The quantitative estimate of drug-likeness (QED) is 0.755. The van der Waals surface area contributed by atoms with Gasteiger partial charge in [0.2, 0.25) is 0 Å². The van der Waals surface area contributed by atoms with E-state index in [1.165, 1.54) is 0 Å².